The summed E-state index contributed by atoms with van der Waals surface area (Å²) in [6.07, 6.45) is 1.62. The van der Waals surface area contributed by atoms with E-state index in [4.69, 9.17) is 4.42 Å². The van der Waals surface area contributed by atoms with E-state index in [1.165, 1.54) is 0 Å². The topological polar surface area (TPSA) is 48.7 Å². The molecule has 0 aromatic carbocycles. The van der Waals surface area contributed by atoms with E-state index in [0.717, 1.165) is 25.4 Å². The van der Waals surface area contributed by atoms with Gasteiger partial charge in [-0.05, 0) is 26.1 Å². The Morgan fingerprint density at radius 3 is 3.06 bits per heavy atom. The third kappa shape index (κ3) is 3.58. The van der Waals surface area contributed by atoms with E-state index in [2.05, 4.69) is 29.1 Å². The van der Waals surface area contributed by atoms with Crippen molar-refractivity contribution in [3.05, 3.63) is 24.2 Å². The molecule has 0 radical (unpaired) electrons. The van der Waals surface area contributed by atoms with Crippen molar-refractivity contribution in [2.75, 3.05) is 33.2 Å². The molecule has 1 aromatic heterocycles. The first-order valence-electron chi connectivity index (χ1n) is 6.37. The molecule has 1 aliphatic heterocycles. The van der Waals surface area contributed by atoms with E-state index in [1.807, 2.05) is 12.1 Å². The molecule has 0 aliphatic carbocycles. The highest BCUT2D eigenvalue weighted by molar-refractivity contribution is 5.78. The van der Waals surface area contributed by atoms with Crippen LogP contribution in [-0.2, 0) is 11.3 Å². The molecule has 0 saturated carbocycles. The van der Waals surface area contributed by atoms with Crippen LogP contribution >= 0.6 is 0 Å². The second kappa shape index (κ2) is 6.02. The van der Waals surface area contributed by atoms with Crippen LogP contribution in [0.4, 0.5) is 0 Å². The Hall–Kier alpha value is -1.33. The van der Waals surface area contributed by atoms with Gasteiger partial charge in [0.1, 0.15) is 5.76 Å². The summed E-state index contributed by atoms with van der Waals surface area (Å²) < 4.78 is 5.17. The van der Waals surface area contributed by atoms with Gasteiger partial charge in [0.25, 0.3) is 0 Å². The highest BCUT2D eigenvalue weighted by Crippen LogP contribution is 2.07. The van der Waals surface area contributed by atoms with Gasteiger partial charge in [0, 0.05) is 25.7 Å². The Labute approximate surface area is 108 Å². The molecule has 1 aliphatic rings. The van der Waals surface area contributed by atoms with Crippen molar-refractivity contribution in [2.24, 2.45) is 0 Å². The SMILES string of the molecule is C[C@H]1CN(C)CCN1CC(=O)NCc1ccco1. The lowest BCUT2D eigenvalue weighted by Crippen LogP contribution is -2.53. The van der Waals surface area contributed by atoms with E-state index < -0.39 is 0 Å². The number of likely N-dealkylation sites (N-methyl/N-ethyl adjacent to an activating group) is 1. The summed E-state index contributed by atoms with van der Waals surface area (Å²) in [5, 5.41) is 2.88. The van der Waals surface area contributed by atoms with Crippen molar-refractivity contribution >= 4 is 5.91 Å². The maximum Gasteiger partial charge on any atom is 0.234 e. The summed E-state index contributed by atoms with van der Waals surface area (Å²) in [4.78, 5) is 16.3. The smallest absolute Gasteiger partial charge is 0.234 e. The Bertz CT molecular complexity index is 378. The van der Waals surface area contributed by atoms with Crippen LogP contribution in [0.2, 0.25) is 0 Å². The normalized spacial score (nSPS) is 22.0. The minimum Gasteiger partial charge on any atom is -0.467 e. The van der Waals surface area contributed by atoms with Gasteiger partial charge in [-0.25, -0.2) is 0 Å². The first-order chi connectivity index (χ1) is 8.65. The molecular formula is C13H21N3O2. The maximum absolute atomic E-state index is 11.8. The molecule has 0 spiro atoms. The zero-order valence-electron chi connectivity index (χ0n) is 11.1. The number of amides is 1. The number of furan rings is 1. The molecule has 1 aromatic rings. The molecule has 100 valence electrons. The zero-order valence-corrected chi connectivity index (χ0v) is 11.1. The van der Waals surface area contributed by atoms with E-state index in [9.17, 15) is 4.79 Å². The molecule has 5 heteroatoms. The molecule has 0 unspecified atom stereocenters. The van der Waals surface area contributed by atoms with Gasteiger partial charge in [0.05, 0.1) is 19.4 Å². The summed E-state index contributed by atoms with van der Waals surface area (Å²) in [7, 11) is 2.12. The Morgan fingerprint density at radius 1 is 1.56 bits per heavy atom. The molecule has 18 heavy (non-hydrogen) atoms. The number of nitrogens with one attached hydrogen (secondary N) is 1. The second-order valence-corrected chi connectivity index (χ2v) is 4.94. The van der Waals surface area contributed by atoms with Crippen molar-refractivity contribution in [3.8, 4) is 0 Å². The van der Waals surface area contributed by atoms with Crippen LogP contribution < -0.4 is 5.32 Å². The predicted molar refractivity (Wildman–Crippen MR) is 69.1 cm³/mol. The molecule has 0 bridgehead atoms. The average molecular weight is 251 g/mol. The monoisotopic (exact) mass is 251 g/mol. The lowest BCUT2D eigenvalue weighted by molar-refractivity contribution is -0.123. The quantitative estimate of drug-likeness (QED) is 0.848. The van der Waals surface area contributed by atoms with Gasteiger partial charge in [0.15, 0.2) is 0 Å². The van der Waals surface area contributed by atoms with Gasteiger partial charge in [-0.3, -0.25) is 9.69 Å². The lowest BCUT2D eigenvalue weighted by Gasteiger charge is -2.37. The van der Waals surface area contributed by atoms with Crippen LogP contribution in [0.3, 0.4) is 0 Å². The molecule has 5 nitrogen and oxygen atoms in total. The van der Waals surface area contributed by atoms with Crippen LogP contribution in [0.25, 0.3) is 0 Å². The van der Waals surface area contributed by atoms with Gasteiger partial charge in [0.2, 0.25) is 5.91 Å². The van der Waals surface area contributed by atoms with E-state index in [-0.39, 0.29) is 5.91 Å². The minimum atomic E-state index is 0.0582. The summed E-state index contributed by atoms with van der Waals surface area (Å²) in [5.74, 6) is 0.845. The second-order valence-electron chi connectivity index (χ2n) is 4.94. The van der Waals surface area contributed by atoms with Gasteiger partial charge < -0.3 is 14.6 Å². The van der Waals surface area contributed by atoms with Crippen LogP contribution in [-0.4, -0.2) is 55.0 Å². The fourth-order valence-electron chi connectivity index (χ4n) is 2.25. The molecule has 2 rings (SSSR count). The number of hydrogen-bond acceptors (Lipinski definition) is 4. The van der Waals surface area contributed by atoms with Gasteiger partial charge >= 0.3 is 0 Å². The van der Waals surface area contributed by atoms with E-state index in [1.54, 1.807) is 6.26 Å². The number of piperazine rings is 1. The average Bonchev–Trinajstić information content (AvgIpc) is 2.83. The van der Waals surface area contributed by atoms with E-state index in [0.29, 0.717) is 19.1 Å². The Balaban J connectivity index is 1.73. The van der Waals surface area contributed by atoms with Gasteiger partial charge in [-0.2, -0.15) is 0 Å². The zero-order chi connectivity index (χ0) is 13.0. The van der Waals surface area contributed by atoms with Crippen LogP contribution in [0.5, 0.6) is 0 Å². The summed E-state index contributed by atoms with van der Waals surface area (Å²) in [6, 6.07) is 4.11. The van der Waals surface area contributed by atoms with Gasteiger partial charge in [-0.1, -0.05) is 0 Å². The fourth-order valence-corrected chi connectivity index (χ4v) is 2.25. The largest absolute Gasteiger partial charge is 0.467 e. The van der Waals surface area contributed by atoms with Crippen molar-refractivity contribution in [2.45, 2.75) is 19.5 Å². The van der Waals surface area contributed by atoms with E-state index >= 15 is 0 Å². The Kier molecular flexibility index (Phi) is 4.38. The van der Waals surface area contributed by atoms with Gasteiger partial charge in [-0.15, -0.1) is 0 Å². The standard InChI is InChI=1S/C13H21N3O2/c1-11-9-15(2)5-6-16(11)10-13(17)14-8-12-4-3-7-18-12/h3-4,7,11H,5-6,8-10H2,1-2H3,(H,14,17)/t11-/m0/s1. The maximum atomic E-state index is 11.8. The first kappa shape index (κ1) is 13.1. The summed E-state index contributed by atoms with van der Waals surface area (Å²) >= 11 is 0. The third-order valence-corrected chi connectivity index (χ3v) is 3.35. The van der Waals surface area contributed by atoms with Crippen molar-refractivity contribution in [1.82, 2.24) is 15.1 Å². The third-order valence-electron chi connectivity index (χ3n) is 3.35. The number of nitrogens with zero attached hydrogens (tertiary/aromatic N) is 2. The summed E-state index contributed by atoms with van der Waals surface area (Å²) in [6.45, 7) is 6.09. The number of hydrogen-bond donors (Lipinski definition) is 1. The van der Waals surface area contributed by atoms with Crippen LogP contribution in [0.15, 0.2) is 22.8 Å². The number of carbonyl (C=O) groups excluding carboxylic acids is 1. The molecule has 1 fully saturated rings. The fraction of sp³-hybridized carbons (Fsp3) is 0.615. The van der Waals surface area contributed by atoms with Crippen molar-refractivity contribution < 1.29 is 9.21 Å². The Morgan fingerprint density at radius 2 is 2.39 bits per heavy atom. The highest BCUT2D eigenvalue weighted by atomic mass is 16.3. The molecular weight excluding hydrogens is 230 g/mol. The molecule has 1 saturated heterocycles. The number of rotatable bonds is 4. The van der Waals surface area contributed by atoms with Crippen LogP contribution in [0.1, 0.15) is 12.7 Å². The molecule has 2 heterocycles. The molecule has 1 amide bonds. The highest BCUT2D eigenvalue weighted by Gasteiger charge is 2.22. The van der Waals surface area contributed by atoms with Crippen LogP contribution in [0, 0.1) is 0 Å². The van der Waals surface area contributed by atoms with Crippen molar-refractivity contribution in [1.29, 1.82) is 0 Å². The molecule has 1 N–H and O–H groups in total. The summed E-state index contributed by atoms with van der Waals surface area (Å²) in [5.41, 5.74) is 0. The minimum absolute atomic E-state index is 0.0582. The molecule has 1 atom stereocenters. The number of carbonyl (C=O) groups is 1. The lowest BCUT2D eigenvalue weighted by atomic mass is 10.2. The first-order valence-corrected chi connectivity index (χ1v) is 6.37. The van der Waals surface area contributed by atoms with Crippen molar-refractivity contribution in [3.63, 3.8) is 0 Å². The predicted octanol–water partition coefficient (Wildman–Crippen LogP) is 0.532.